The Bertz CT molecular complexity index is 516. The highest BCUT2D eigenvalue weighted by molar-refractivity contribution is 6.30. The van der Waals surface area contributed by atoms with Gasteiger partial charge in [0.2, 0.25) is 0 Å². The molecule has 0 aliphatic rings. The van der Waals surface area contributed by atoms with Gasteiger partial charge in [-0.2, -0.15) is 0 Å². The molecule has 3 N–H and O–H groups in total. The van der Waals surface area contributed by atoms with Crippen LogP contribution in [-0.4, -0.2) is 6.61 Å². The fourth-order valence-corrected chi connectivity index (χ4v) is 2.36. The van der Waals surface area contributed by atoms with E-state index in [0.717, 1.165) is 11.1 Å². The SMILES string of the molecule is CCOC(c1ccccc1)C(NN)c1ccc(Cl)cc1. The summed E-state index contributed by atoms with van der Waals surface area (Å²) in [6, 6.07) is 17.6. The smallest absolute Gasteiger partial charge is 0.103 e. The molecule has 0 bridgehead atoms. The van der Waals surface area contributed by atoms with Crippen molar-refractivity contribution in [2.75, 3.05) is 6.61 Å². The average Bonchev–Trinajstić information content (AvgIpc) is 2.50. The Morgan fingerprint density at radius 1 is 1.05 bits per heavy atom. The summed E-state index contributed by atoms with van der Waals surface area (Å²) in [6.45, 7) is 2.59. The highest BCUT2D eigenvalue weighted by Gasteiger charge is 2.24. The third kappa shape index (κ3) is 3.58. The maximum absolute atomic E-state index is 5.93. The molecule has 0 saturated carbocycles. The van der Waals surface area contributed by atoms with Crippen molar-refractivity contribution < 1.29 is 4.74 Å². The van der Waals surface area contributed by atoms with Gasteiger partial charge in [-0.1, -0.05) is 54.1 Å². The number of hydrazine groups is 1. The molecule has 2 rings (SSSR count). The number of nitrogens with one attached hydrogen (secondary N) is 1. The lowest BCUT2D eigenvalue weighted by Crippen LogP contribution is -2.33. The largest absolute Gasteiger partial charge is 0.372 e. The molecule has 0 fully saturated rings. The van der Waals surface area contributed by atoms with Gasteiger partial charge in [0, 0.05) is 11.6 Å². The minimum absolute atomic E-state index is 0.130. The zero-order chi connectivity index (χ0) is 14.4. The standard InChI is InChI=1S/C16H19ClN2O/c1-2-20-16(13-6-4-3-5-7-13)15(19-18)12-8-10-14(17)11-9-12/h3-11,15-16,19H,2,18H2,1H3. The summed E-state index contributed by atoms with van der Waals surface area (Å²) in [5.41, 5.74) is 4.98. The van der Waals surface area contributed by atoms with Crippen LogP contribution in [0.2, 0.25) is 5.02 Å². The van der Waals surface area contributed by atoms with Crippen molar-refractivity contribution in [3.05, 3.63) is 70.7 Å². The number of hydrogen-bond donors (Lipinski definition) is 2. The average molecular weight is 291 g/mol. The predicted octanol–water partition coefficient (Wildman–Crippen LogP) is 3.62. The maximum Gasteiger partial charge on any atom is 0.103 e. The Morgan fingerprint density at radius 2 is 1.70 bits per heavy atom. The molecule has 0 heterocycles. The Balaban J connectivity index is 2.32. The van der Waals surface area contributed by atoms with Crippen LogP contribution in [0.3, 0.4) is 0 Å². The van der Waals surface area contributed by atoms with E-state index in [1.165, 1.54) is 0 Å². The van der Waals surface area contributed by atoms with Gasteiger partial charge < -0.3 is 4.74 Å². The van der Waals surface area contributed by atoms with Crippen molar-refractivity contribution in [1.82, 2.24) is 5.43 Å². The van der Waals surface area contributed by atoms with Gasteiger partial charge in [-0.15, -0.1) is 0 Å². The maximum atomic E-state index is 5.93. The summed E-state index contributed by atoms with van der Waals surface area (Å²) in [4.78, 5) is 0. The van der Waals surface area contributed by atoms with E-state index in [1.807, 2.05) is 61.5 Å². The van der Waals surface area contributed by atoms with E-state index in [9.17, 15) is 0 Å². The summed E-state index contributed by atoms with van der Waals surface area (Å²) >= 11 is 5.93. The van der Waals surface area contributed by atoms with E-state index in [2.05, 4.69) is 5.43 Å². The molecule has 0 aliphatic heterocycles. The van der Waals surface area contributed by atoms with E-state index in [4.69, 9.17) is 22.2 Å². The third-order valence-electron chi connectivity index (χ3n) is 3.19. The van der Waals surface area contributed by atoms with Gasteiger partial charge in [0.1, 0.15) is 6.10 Å². The van der Waals surface area contributed by atoms with Crippen molar-refractivity contribution in [2.24, 2.45) is 5.84 Å². The van der Waals surface area contributed by atoms with Gasteiger partial charge in [0.15, 0.2) is 0 Å². The Labute approximate surface area is 124 Å². The van der Waals surface area contributed by atoms with Crippen LogP contribution < -0.4 is 11.3 Å². The van der Waals surface area contributed by atoms with Crippen LogP contribution in [0.5, 0.6) is 0 Å². The van der Waals surface area contributed by atoms with Crippen LogP contribution in [0.15, 0.2) is 54.6 Å². The molecule has 2 aromatic rings. The highest BCUT2D eigenvalue weighted by atomic mass is 35.5. The molecule has 0 aromatic heterocycles. The number of hydrogen-bond acceptors (Lipinski definition) is 3. The minimum Gasteiger partial charge on any atom is -0.372 e. The first kappa shape index (κ1) is 15.0. The first-order chi connectivity index (χ1) is 9.76. The van der Waals surface area contributed by atoms with Crippen molar-refractivity contribution >= 4 is 11.6 Å². The monoisotopic (exact) mass is 290 g/mol. The molecule has 0 spiro atoms. The molecule has 2 atom stereocenters. The topological polar surface area (TPSA) is 47.3 Å². The Morgan fingerprint density at radius 3 is 2.25 bits per heavy atom. The zero-order valence-electron chi connectivity index (χ0n) is 11.4. The molecule has 3 nitrogen and oxygen atoms in total. The van der Waals surface area contributed by atoms with Gasteiger partial charge in [0.25, 0.3) is 0 Å². The molecule has 106 valence electrons. The lowest BCUT2D eigenvalue weighted by molar-refractivity contribution is 0.0327. The summed E-state index contributed by atoms with van der Waals surface area (Å²) in [5, 5.41) is 0.706. The van der Waals surface area contributed by atoms with E-state index >= 15 is 0 Å². The van der Waals surface area contributed by atoms with Crippen LogP contribution in [0.4, 0.5) is 0 Å². The lowest BCUT2D eigenvalue weighted by atomic mass is 9.96. The van der Waals surface area contributed by atoms with E-state index in [1.54, 1.807) is 0 Å². The summed E-state index contributed by atoms with van der Waals surface area (Å²) in [5.74, 6) is 5.75. The zero-order valence-corrected chi connectivity index (χ0v) is 12.2. The number of ether oxygens (including phenoxy) is 1. The first-order valence-electron chi connectivity index (χ1n) is 6.64. The molecule has 4 heteroatoms. The fraction of sp³-hybridized carbons (Fsp3) is 0.250. The first-order valence-corrected chi connectivity index (χ1v) is 7.02. The number of benzene rings is 2. The summed E-state index contributed by atoms with van der Waals surface area (Å²) in [6.07, 6.45) is -0.146. The van der Waals surface area contributed by atoms with Crippen LogP contribution >= 0.6 is 11.6 Å². The molecule has 2 aromatic carbocycles. The second-order valence-corrected chi connectivity index (χ2v) is 4.92. The molecule has 0 aliphatic carbocycles. The second kappa shape index (κ2) is 7.41. The molecule has 20 heavy (non-hydrogen) atoms. The summed E-state index contributed by atoms with van der Waals surface area (Å²) in [7, 11) is 0. The van der Waals surface area contributed by atoms with Crippen molar-refractivity contribution in [3.8, 4) is 0 Å². The van der Waals surface area contributed by atoms with Gasteiger partial charge in [-0.05, 0) is 30.2 Å². The van der Waals surface area contributed by atoms with Crippen LogP contribution in [-0.2, 0) is 4.74 Å². The fourth-order valence-electron chi connectivity index (χ4n) is 2.24. The van der Waals surface area contributed by atoms with Gasteiger partial charge in [0.05, 0.1) is 6.04 Å². The number of nitrogens with two attached hydrogens (primary N) is 1. The minimum atomic E-state index is -0.146. The molecule has 0 amide bonds. The van der Waals surface area contributed by atoms with E-state index in [0.29, 0.717) is 11.6 Å². The lowest BCUT2D eigenvalue weighted by Gasteiger charge is -2.27. The van der Waals surface area contributed by atoms with Crippen LogP contribution in [0.25, 0.3) is 0 Å². The van der Waals surface area contributed by atoms with Gasteiger partial charge in [-0.3, -0.25) is 11.3 Å². The van der Waals surface area contributed by atoms with Crippen LogP contribution in [0, 0.1) is 0 Å². The van der Waals surface area contributed by atoms with Crippen LogP contribution in [0.1, 0.15) is 30.2 Å². The Hall–Kier alpha value is -1.39. The second-order valence-electron chi connectivity index (χ2n) is 4.48. The third-order valence-corrected chi connectivity index (χ3v) is 3.44. The van der Waals surface area contributed by atoms with Gasteiger partial charge >= 0.3 is 0 Å². The van der Waals surface area contributed by atoms with Gasteiger partial charge in [-0.25, -0.2) is 0 Å². The van der Waals surface area contributed by atoms with E-state index in [-0.39, 0.29) is 12.1 Å². The highest BCUT2D eigenvalue weighted by Crippen LogP contribution is 2.32. The quantitative estimate of drug-likeness (QED) is 0.631. The molecule has 2 unspecified atom stereocenters. The predicted molar refractivity (Wildman–Crippen MR) is 82.3 cm³/mol. The normalized spacial score (nSPS) is 13.9. The molecule has 0 saturated heterocycles. The number of halogens is 1. The molecular formula is C16H19ClN2O. The van der Waals surface area contributed by atoms with Crippen molar-refractivity contribution in [3.63, 3.8) is 0 Å². The van der Waals surface area contributed by atoms with Crippen molar-refractivity contribution in [2.45, 2.75) is 19.1 Å². The molecular weight excluding hydrogens is 272 g/mol. The van der Waals surface area contributed by atoms with Crippen molar-refractivity contribution in [1.29, 1.82) is 0 Å². The Kier molecular flexibility index (Phi) is 5.56. The molecule has 0 radical (unpaired) electrons. The van der Waals surface area contributed by atoms with E-state index < -0.39 is 0 Å². The number of rotatable bonds is 6. The summed E-state index contributed by atoms with van der Waals surface area (Å²) < 4.78 is 5.89.